The Morgan fingerprint density at radius 1 is 0.722 bits per heavy atom. The largest absolute Gasteiger partial charge is 0.0649 e. The van der Waals surface area contributed by atoms with Crippen LogP contribution in [0, 0.1) is 34.0 Å². The number of hydrogen-bond acceptors (Lipinski definition) is 0. The van der Waals surface area contributed by atoms with Crippen molar-refractivity contribution in [1.82, 2.24) is 0 Å². The average molecular weight is 255 g/mol. The van der Waals surface area contributed by atoms with Crippen LogP contribution in [0.2, 0.25) is 0 Å². The molecule has 0 N–H and O–H groups in total. The van der Waals surface area contributed by atoms with E-state index in [2.05, 4.69) is 76.2 Å². The van der Waals surface area contributed by atoms with Crippen LogP contribution in [0.5, 0.6) is 0 Å². The molecule has 0 nitrogen and oxygen atoms in total. The van der Waals surface area contributed by atoms with Crippen LogP contribution in [0.25, 0.3) is 0 Å². The van der Waals surface area contributed by atoms with E-state index in [0.29, 0.717) is 16.2 Å². The molecule has 0 radical (unpaired) electrons. The molecule has 0 aliphatic rings. The van der Waals surface area contributed by atoms with Crippen LogP contribution in [-0.2, 0) is 0 Å². The molecule has 0 rings (SSSR count). The highest BCUT2D eigenvalue weighted by Gasteiger charge is 2.43. The average Bonchev–Trinajstić information content (AvgIpc) is 2.24. The fraction of sp³-hybridized carbons (Fsp3) is 1.00. The van der Waals surface area contributed by atoms with Crippen LogP contribution in [-0.4, -0.2) is 0 Å². The van der Waals surface area contributed by atoms with Crippen LogP contribution in [0.1, 0.15) is 82.6 Å². The van der Waals surface area contributed by atoms with Crippen molar-refractivity contribution in [2.75, 3.05) is 0 Å². The lowest BCUT2D eigenvalue weighted by atomic mass is 9.55. The fourth-order valence-electron chi connectivity index (χ4n) is 3.10. The van der Waals surface area contributed by atoms with E-state index >= 15 is 0 Å². The predicted octanol–water partition coefficient (Wildman–Crippen LogP) is 6.40. The molecule has 0 saturated heterocycles. The van der Waals surface area contributed by atoms with Gasteiger partial charge >= 0.3 is 0 Å². The van der Waals surface area contributed by atoms with E-state index in [1.54, 1.807) is 0 Å². The van der Waals surface area contributed by atoms with Gasteiger partial charge in [-0.15, -0.1) is 0 Å². The molecule has 0 aromatic rings. The van der Waals surface area contributed by atoms with E-state index in [4.69, 9.17) is 0 Å². The summed E-state index contributed by atoms with van der Waals surface area (Å²) >= 11 is 0. The monoisotopic (exact) mass is 254 g/mol. The molecule has 3 unspecified atom stereocenters. The molecule has 0 aliphatic heterocycles. The van der Waals surface area contributed by atoms with Crippen LogP contribution in [0.3, 0.4) is 0 Å². The Bertz CT molecular complexity index is 252. The Morgan fingerprint density at radius 2 is 1.11 bits per heavy atom. The summed E-state index contributed by atoms with van der Waals surface area (Å²) in [5.41, 5.74) is 1.20. The summed E-state index contributed by atoms with van der Waals surface area (Å²) in [6.45, 7) is 26.6. The van der Waals surface area contributed by atoms with Crippen molar-refractivity contribution in [1.29, 1.82) is 0 Å². The van der Waals surface area contributed by atoms with Gasteiger partial charge in [-0.25, -0.2) is 0 Å². The summed E-state index contributed by atoms with van der Waals surface area (Å²) in [7, 11) is 0. The van der Waals surface area contributed by atoms with E-state index in [0.717, 1.165) is 17.8 Å². The van der Waals surface area contributed by atoms with Crippen LogP contribution in [0.4, 0.5) is 0 Å². The van der Waals surface area contributed by atoms with Gasteiger partial charge in [-0.1, -0.05) is 82.6 Å². The van der Waals surface area contributed by atoms with Crippen LogP contribution in [0.15, 0.2) is 0 Å². The highest BCUT2D eigenvalue weighted by molar-refractivity contribution is 4.92. The van der Waals surface area contributed by atoms with E-state index < -0.39 is 0 Å². The van der Waals surface area contributed by atoms with Crippen LogP contribution < -0.4 is 0 Å². The summed E-state index contributed by atoms with van der Waals surface area (Å²) in [5, 5.41) is 0. The molecular weight excluding hydrogens is 216 g/mol. The zero-order chi connectivity index (χ0) is 14.9. The maximum absolute atomic E-state index is 2.47. The SMILES string of the molecule is CCC(C)(C)C(C)C(C)(C)C(C)C(C)C(C)(C)C. The molecule has 0 bridgehead atoms. The summed E-state index contributed by atoms with van der Waals surface area (Å²) in [6.07, 6.45) is 1.26. The van der Waals surface area contributed by atoms with Crippen molar-refractivity contribution >= 4 is 0 Å². The van der Waals surface area contributed by atoms with Gasteiger partial charge in [0.25, 0.3) is 0 Å². The van der Waals surface area contributed by atoms with Crippen LogP contribution >= 0.6 is 0 Å². The lowest BCUT2D eigenvalue weighted by Crippen LogP contribution is -2.42. The molecule has 0 heterocycles. The third-order valence-electron chi connectivity index (χ3n) is 6.49. The van der Waals surface area contributed by atoms with Gasteiger partial charge in [0.05, 0.1) is 0 Å². The Labute approximate surface area is 117 Å². The van der Waals surface area contributed by atoms with Crippen molar-refractivity contribution in [2.45, 2.75) is 82.6 Å². The van der Waals surface area contributed by atoms with Gasteiger partial charge < -0.3 is 0 Å². The zero-order valence-corrected chi connectivity index (χ0v) is 14.9. The second kappa shape index (κ2) is 5.55. The molecule has 18 heavy (non-hydrogen) atoms. The molecule has 0 spiro atoms. The second-order valence-electron chi connectivity index (χ2n) is 8.83. The first kappa shape index (κ1) is 18.0. The minimum atomic E-state index is 0.381. The lowest BCUT2D eigenvalue weighted by molar-refractivity contribution is -0.00767. The predicted molar refractivity (Wildman–Crippen MR) is 84.8 cm³/mol. The van der Waals surface area contributed by atoms with Gasteiger partial charge in [0, 0.05) is 0 Å². The first-order valence-electron chi connectivity index (χ1n) is 7.78. The molecule has 0 aromatic carbocycles. The summed E-state index contributed by atoms with van der Waals surface area (Å²) < 4.78 is 0. The zero-order valence-electron chi connectivity index (χ0n) is 14.9. The number of hydrogen-bond donors (Lipinski definition) is 0. The molecule has 3 atom stereocenters. The highest BCUT2D eigenvalue weighted by Crippen LogP contribution is 2.50. The van der Waals surface area contributed by atoms with Crippen molar-refractivity contribution in [2.24, 2.45) is 34.0 Å². The third kappa shape index (κ3) is 3.75. The van der Waals surface area contributed by atoms with Gasteiger partial charge in [0.15, 0.2) is 0 Å². The Morgan fingerprint density at radius 3 is 1.39 bits per heavy atom. The highest BCUT2D eigenvalue weighted by atomic mass is 14.5. The molecular formula is C18H38. The quantitative estimate of drug-likeness (QED) is 0.532. The molecule has 0 aromatic heterocycles. The molecule has 0 saturated carbocycles. The Balaban J connectivity index is 5.15. The standard InChI is InChI=1S/C18H38/c1-12-17(8,9)15(4)18(10,11)14(3)13(2)16(5,6)7/h13-15H,12H2,1-11H3. The summed E-state index contributed by atoms with van der Waals surface area (Å²) in [4.78, 5) is 0. The maximum Gasteiger partial charge on any atom is -0.0295 e. The fourth-order valence-corrected chi connectivity index (χ4v) is 3.10. The summed E-state index contributed by atoms with van der Waals surface area (Å²) in [5.74, 6) is 2.20. The van der Waals surface area contributed by atoms with Gasteiger partial charge in [-0.3, -0.25) is 0 Å². The first-order chi connectivity index (χ1) is 7.78. The number of rotatable bonds is 5. The molecule has 0 heteroatoms. The van der Waals surface area contributed by atoms with Gasteiger partial charge in [0.1, 0.15) is 0 Å². The Hall–Kier alpha value is 0. The van der Waals surface area contributed by atoms with Gasteiger partial charge in [-0.2, -0.15) is 0 Å². The van der Waals surface area contributed by atoms with Crippen molar-refractivity contribution in [3.8, 4) is 0 Å². The third-order valence-corrected chi connectivity index (χ3v) is 6.49. The van der Waals surface area contributed by atoms with E-state index in [9.17, 15) is 0 Å². The van der Waals surface area contributed by atoms with Gasteiger partial charge in [0.2, 0.25) is 0 Å². The van der Waals surface area contributed by atoms with E-state index in [-0.39, 0.29) is 0 Å². The maximum atomic E-state index is 2.47. The Kier molecular flexibility index (Phi) is 5.55. The molecule has 110 valence electrons. The minimum absolute atomic E-state index is 0.381. The summed E-state index contributed by atoms with van der Waals surface area (Å²) in [6, 6.07) is 0. The lowest BCUT2D eigenvalue weighted by Gasteiger charge is -2.50. The van der Waals surface area contributed by atoms with Crippen molar-refractivity contribution in [3.63, 3.8) is 0 Å². The minimum Gasteiger partial charge on any atom is -0.0649 e. The van der Waals surface area contributed by atoms with Gasteiger partial charge in [-0.05, 0) is 34.0 Å². The second-order valence-corrected chi connectivity index (χ2v) is 8.83. The molecule has 0 amide bonds. The molecule has 0 aliphatic carbocycles. The van der Waals surface area contributed by atoms with Crippen molar-refractivity contribution in [3.05, 3.63) is 0 Å². The normalized spacial score (nSPS) is 19.5. The molecule has 0 fully saturated rings. The van der Waals surface area contributed by atoms with E-state index in [1.807, 2.05) is 0 Å². The first-order valence-corrected chi connectivity index (χ1v) is 7.78. The smallest absolute Gasteiger partial charge is 0.0295 e. The van der Waals surface area contributed by atoms with E-state index in [1.165, 1.54) is 6.42 Å². The van der Waals surface area contributed by atoms with Crippen molar-refractivity contribution < 1.29 is 0 Å². The topological polar surface area (TPSA) is 0 Å².